The van der Waals surface area contributed by atoms with Crippen LogP contribution >= 0.6 is 0 Å². The summed E-state index contributed by atoms with van der Waals surface area (Å²) >= 11 is 0. The fraction of sp³-hybridized carbons (Fsp3) is 0.389. The van der Waals surface area contributed by atoms with Gasteiger partial charge in [0.15, 0.2) is 23.0 Å². The summed E-state index contributed by atoms with van der Waals surface area (Å²) in [6, 6.07) is 3.69. The Morgan fingerprint density at radius 2 is 0.909 bits per heavy atom. The molecule has 0 aromatic heterocycles. The lowest BCUT2D eigenvalue weighted by Crippen LogP contribution is -2.01. The van der Waals surface area contributed by atoms with Gasteiger partial charge >= 0.3 is 0 Å². The van der Waals surface area contributed by atoms with Crippen molar-refractivity contribution in [1.82, 2.24) is 0 Å². The van der Waals surface area contributed by atoms with Gasteiger partial charge in [-0.05, 0) is 60.4 Å². The van der Waals surface area contributed by atoms with E-state index >= 15 is 0 Å². The molecule has 8 heteroatoms. The second-order valence-electron chi connectivity index (χ2n) is 12.1. The Morgan fingerprint density at radius 1 is 0.568 bits per heavy atom. The SMILES string of the molecule is CCCN=Cc1c(O)c(O)c(C(C)C)c2cc(C)c(-c3c(C)cc4c(C(C)C)c(O)c(O)c(C=NCCC)c4c3O)c(O)c12. The quantitative estimate of drug-likeness (QED) is 0.0840. The number of aliphatic imine (C=N–C) groups is 2. The molecule has 0 amide bonds. The maximum atomic E-state index is 12.1. The molecule has 4 rings (SSSR count). The number of hydrogen-bond acceptors (Lipinski definition) is 8. The first-order chi connectivity index (χ1) is 20.8. The van der Waals surface area contributed by atoms with Crippen LogP contribution in [0.1, 0.15) is 99.6 Å². The third kappa shape index (κ3) is 5.27. The average Bonchev–Trinajstić information content (AvgIpc) is 2.94. The van der Waals surface area contributed by atoms with Crippen LogP contribution in [0.15, 0.2) is 22.1 Å². The summed E-state index contributed by atoms with van der Waals surface area (Å²) in [4.78, 5) is 8.79. The second-order valence-corrected chi connectivity index (χ2v) is 12.1. The van der Waals surface area contributed by atoms with E-state index in [2.05, 4.69) is 9.98 Å². The highest BCUT2D eigenvalue weighted by atomic mass is 16.3. The van der Waals surface area contributed by atoms with Gasteiger partial charge in [-0.3, -0.25) is 9.98 Å². The summed E-state index contributed by atoms with van der Waals surface area (Å²) in [6.07, 6.45) is 4.48. The molecular weight excluding hydrogens is 556 g/mol. The van der Waals surface area contributed by atoms with Crippen LogP contribution in [0.25, 0.3) is 32.7 Å². The van der Waals surface area contributed by atoms with E-state index in [-0.39, 0.29) is 57.5 Å². The molecule has 6 N–H and O–H groups in total. The second kappa shape index (κ2) is 12.6. The van der Waals surface area contributed by atoms with Crippen molar-refractivity contribution in [2.75, 3.05) is 13.1 Å². The molecule has 0 spiro atoms. The Hall–Kier alpha value is -4.46. The summed E-state index contributed by atoms with van der Waals surface area (Å²) in [5.41, 5.74) is 3.29. The molecule has 8 nitrogen and oxygen atoms in total. The molecule has 0 radical (unpaired) electrons. The fourth-order valence-electron chi connectivity index (χ4n) is 6.19. The number of fused-ring (bicyclic) bond motifs is 2. The number of hydrogen-bond donors (Lipinski definition) is 6. The molecule has 0 aliphatic carbocycles. The van der Waals surface area contributed by atoms with Gasteiger partial charge in [0.2, 0.25) is 0 Å². The van der Waals surface area contributed by atoms with Gasteiger partial charge in [0, 0.05) is 69.7 Å². The molecule has 0 atom stereocenters. The molecule has 0 heterocycles. The van der Waals surface area contributed by atoms with E-state index in [1.807, 2.05) is 67.5 Å². The minimum atomic E-state index is -0.373. The zero-order valence-corrected chi connectivity index (χ0v) is 26.9. The minimum Gasteiger partial charge on any atom is -0.507 e. The highest BCUT2D eigenvalue weighted by Gasteiger charge is 2.29. The first-order valence-electron chi connectivity index (χ1n) is 15.3. The van der Waals surface area contributed by atoms with E-state index < -0.39 is 0 Å². The molecule has 0 unspecified atom stereocenters. The predicted octanol–water partition coefficient (Wildman–Crippen LogP) is 8.42. The zero-order valence-electron chi connectivity index (χ0n) is 26.9. The highest BCUT2D eigenvalue weighted by molar-refractivity contribution is 6.15. The van der Waals surface area contributed by atoms with Crippen molar-refractivity contribution in [2.24, 2.45) is 9.98 Å². The number of benzene rings is 4. The van der Waals surface area contributed by atoms with Crippen molar-refractivity contribution in [3.8, 4) is 45.6 Å². The first-order valence-corrected chi connectivity index (χ1v) is 15.3. The van der Waals surface area contributed by atoms with Gasteiger partial charge in [-0.1, -0.05) is 53.7 Å². The minimum absolute atomic E-state index is 0.179. The van der Waals surface area contributed by atoms with Crippen LogP contribution in [-0.4, -0.2) is 56.2 Å². The summed E-state index contributed by atoms with van der Waals surface area (Å²) in [5, 5.41) is 70.2. The van der Waals surface area contributed by atoms with E-state index in [0.717, 1.165) is 12.8 Å². The normalized spacial score (nSPS) is 12.3. The number of phenolic OH excluding ortho intramolecular Hbond substituents is 6. The van der Waals surface area contributed by atoms with E-state index in [1.54, 1.807) is 0 Å². The smallest absolute Gasteiger partial charge is 0.167 e. The van der Waals surface area contributed by atoms with Gasteiger partial charge in [-0.25, -0.2) is 0 Å². The lowest BCUT2D eigenvalue weighted by Gasteiger charge is -2.23. The Bertz CT molecular complexity index is 1690. The molecular formula is C36H44N2O6. The van der Waals surface area contributed by atoms with Crippen molar-refractivity contribution in [1.29, 1.82) is 0 Å². The molecule has 234 valence electrons. The molecule has 0 saturated carbocycles. The van der Waals surface area contributed by atoms with Crippen LogP contribution < -0.4 is 0 Å². The summed E-state index contributed by atoms with van der Waals surface area (Å²) in [5.74, 6) is -1.98. The molecule has 0 saturated heterocycles. The third-order valence-electron chi connectivity index (χ3n) is 8.14. The van der Waals surface area contributed by atoms with Crippen molar-refractivity contribution in [3.05, 3.63) is 45.5 Å². The third-order valence-corrected chi connectivity index (χ3v) is 8.14. The summed E-state index contributed by atoms with van der Waals surface area (Å²) in [6.45, 7) is 16.2. The van der Waals surface area contributed by atoms with Gasteiger partial charge in [0.1, 0.15) is 11.5 Å². The number of phenols is 6. The van der Waals surface area contributed by atoms with Crippen molar-refractivity contribution in [3.63, 3.8) is 0 Å². The average molecular weight is 601 g/mol. The Labute approximate surface area is 258 Å². The number of nitrogens with zero attached hydrogens (tertiary/aromatic N) is 2. The first kappa shape index (κ1) is 32.5. The predicted molar refractivity (Wildman–Crippen MR) is 180 cm³/mol. The Kier molecular flexibility index (Phi) is 9.33. The number of rotatable bonds is 9. The van der Waals surface area contributed by atoms with E-state index in [4.69, 9.17) is 0 Å². The van der Waals surface area contributed by atoms with Crippen molar-refractivity contribution in [2.45, 2.75) is 80.1 Å². The lowest BCUT2D eigenvalue weighted by atomic mass is 9.83. The molecule has 0 aliphatic heterocycles. The van der Waals surface area contributed by atoms with Crippen LogP contribution in [0.3, 0.4) is 0 Å². The van der Waals surface area contributed by atoms with Crippen molar-refractivity contribution < 1.29 is 30.6 Å². The topological polar surface area (TPSA) is 146 Å². The van der Waals surface area contributed by atoms with Crippen LogP contribution in [0, 0.1) is 13.8 Å². The number of aryl methyl sites for hydroxylation is 2. The van der Waals surface area contributed by atoms with Crippen LogP contribution in [-0.2, 0) is 0 Å². The van der Waals surface area contributed by atoms with Gasteiger partial charge < -0.3 is 30.6 Å². The lowest BCUT2D eigenvalue weighted by molar-refractivity contribution is 0.398. The highest BCUT2D eigenvalue weighted by Crippen LogP contribution is 2.54. The van der Waals surface area contributed by atoms with Gasteiger partial charge in [-0.15, -0.1) is 0 Å². The van der Waals surface area contributed by atoms with Gasteiger partial charge in [0.25, 0.3) is 0 Å². The van der Waals surface area contributed by atoms with Crippen LogP contribution in [0.2, 0.25) is 0 Å². The molecule has 0 aliphatic rings. The van der Waals surface area contributed by atoms with Gasteiger partial charge in [-0.2, -0.15) is 0 Å². The van der Waals surface area contributed by atoms with E-state index in [0.29, 0.717) is 68.0 Å². The Morgan fingerprint density at radius 3 is 1.20 bits per heavy atom. The zero-order chi connectivity index (χ0) is 32.6. The maximum Gasteiger partial charge on any atom is 0.167 e. The molecule has 4 aromatic rings. The van der Waals surface area contributed by atoms with Crippen LogP contribution in [0.4, 0.5) is 0 Å². The number of aromatic hydroxyl groups is 6. The largest absolute Gasteiger partial charge is 0.507 e. The molecule has 0 bridgehead atoms. The fourth-order valence-corrected chi connectivity index (χ4v) is 6.19. The Balaban J connectivity index is 2.24. The molecule has 44 heavy (non-hydrogen) atoms. The maximum absolute atomic E-state index is 12.1. The van der Waals surface area contributed by atoms with E-state index in [9.17, 15) is 30.6 Å². The monoisotopic (exact) mass is 600 g/mol. The molecule has 0 fully saturated rings. The molecule has 4 aromatic carbocycles. The summed E-state index contributed by atoms with van der Waals surface area (Å²) in [7, 11) is 0. The van der Waals surface area contributed by atoms with E-state index in [1.165, 1.54) is 12.4 Å². The van der Waals surface area contributed by atoms with Crippen molar-refractivity contribution >= 4 is 34.0 Å². The summed E-state index contributed by atoms with van der Waals surface area (Å²) < 4.78 is 0. The standard InChI is InChI=1S/C36H44N2O6/c1-9-11-37-15-23-29-21(25(17(3)4)35(43)31(23)39)13-19(7)27(33(29)41)28-20(8)14-22-26(18(5)6)36(44)32(40)24(16-38-12-10-2)30(22)34(28)42/h13-18,39-44H,9-12H2,1-8H3. The van der Waals surface area contributed by atoms with Gasteiger partial charge in [0.05, 0.1) is 0 Å². The van der Waals surface area contributed by atoms with Crippen LogP contribution in [0.5, 0.6) is 34.5 Å².